The number of ether oxygens (including phenoxy) is 1. The van der Waals surface area contributed by atoms with Crippen molar-refractivity contribution in [3.63, 3.8) is 0 Å². The largest absolute Gasteiger partial charge is 0.465 e. The molecule has 0 bridgehead atoms. The van der Waals surface area contributed by atoms with Gasteiger partial charge in [0.2, 0.25) is 5.82 Å². The summed E-state index contributed by atoms with van der Waals surface area (Å²) in [6.45, 7) is 2.61. The average molecular weight is 253 g/mol. The number of aromatic nitrogens is 1. The molecule has 0 atom stereocenters. The first-order valence-corrected chi connectivity index (χ1v) is 5.45. The molecule has 1 aromatic heterocycles. The molecule has 0 N–H and O–H groups in total. The number of esters is 1. The van der Waals surface area contributed by atoms with E-state index in [2.05, 4.69) is 9.72 Å². The molecule has 0 aliphatic carbocycles. The van der Waals surface area contributed by atoms with Crippen LogP contribution in [0.2, 0.25) is 0 Å². The highest BCUT2D eigenvalue weighted by atomic mass is 16.6. The molecule has 0 saturated carbocycles. The molecule has 1 heterocycles. The minimum Gasteiger partial charge on any atom is -0.465 e. The van der Waals surface area contributed by atoms with E-state index in [1.807, 2.05) is 6.92 Å². The maximum Gasteiger partial charge on any atom is 0.339 e. The number of pyridine rings is 1. The van der Waals surface area contributed by atoms with Crippen molar-refractivity contribution in [2.75, 3.05) is 25.6 Å². The molecule has 98 valence electrons. The van der Waals surface area contributed by atoms with Crippen molar-refractivity contribution in [2.24, 2.45) is 0 Å². The Bertz CT molecular complexity index is 462. The zero-order valence-electron chi connectivity index (χ0n) is 10.5. The van der Waals surface area contributed by atoms with Gasteiger partial charge < -0.3 is 9.64 Å². The van der Waals surface area contributed by atoms with E-state index in [0.717, 1.165) is 6.42 Å². The molecule has 0 unspecified atom stereocenters. The molecular formula is C11H15N3O4. The first-order valence-electron chi connectivity index (χ1n) is 5.45. The van der Waals surface area contributed by atoms with Gasteiger partial charge >= 0.3 is 11.7 Å². The van der Waals surface area contributed by atoms with Gasteiger partial charge in [-0.1, -0.05) is 6.92 Å². The summed E-state index contributed by atoms with van der Waals surface area (Å²) >= 11 is 0. The standard InChI is InChI=1S/C11H15N3O4/c1-4-5-13(2)10-9(14(16)17)6-8(7-12-10)11(15)18-3/h6-7H,4-5H2,1-3H3. The molecular weight excluding hydrogens is 238 g/mol. The molecule has 0 amide bonds. The Morgan fingerprint density at radius 3 is 2.78 bits per heavy atom. The Hall–Kier alpha value is -2.18. The minimum absolute atomic E-state index is 0.0675. The van der Waals surface area contributed by atoms with Gasteiger partial charge in [-0.2, -0.15) is 0 Å². The Balaban J connectivity index is 3.20. The van der Waals surface area contributed by atoms with Gasteiger partial charge in [-0.15, -0.1) is 0 Å². The van der Waals surface area contributed by atoms with Crippen LogP contribution in [0, 0.1) is 10.1 Å². The number of methoxy groups -OCH3 is 1. The van der Waals surface area contributed by atoms with Crippen LogP contribution in [0.1, 0.15) is 23.7 Å². The van der Waals surface area contributed by atoms with Crippen molar-refractivity contribution >= 4 is 17.5 Å². The van der Waals surface area contributed by atoms with Crippen LogP contribution in [-0.4, -0.2) is 36.6 Å². The predicted molar refractivity (Wildman–Crippen MR) is 65.8 cm³/mol. The molecule has 0 aliphatic rings. The summed E-state index contributed by atoms with van der Waals surface area (Å²) in [4.78, 5) is 27.4. The van der Waals surface area contributed by atoms with E-state index in [9.17, 15) is 14.9 Å². The van der Waals surface area contributed by atoms with Crippen molar-refractivity contribution < 1.29 is 14.5 Å². The Morgan fingerprint density at radius 2 is 2.28 bits per heavy atom. The third-order valence-electron chi connectivity index (χ3n) is 2.39. The van der Waals surface area contributed by atoms with Crippen LogP contribution in [0.5, 0.6) is 0 Å². The number of hydrogen-bond donors (Lipinski definition) is 0. The van der Waals surface area contributed by atoms with E-state index in [1.165, 1.54) is 19.4 Å². The highest BCUT2D eigenvalue weighted by molar-refractivity contribution is 5.90. The average Bonchev–Trinajstić information content (AvgIpc) is 2.37. The fourth-order valence-electron chi connectivity index (χ4n) is 1.55. The first kappa shape index (κ1) is 13.9. The Kier molecular flexibility index (Phi) is 4.59. The number of nitro groups is 1. The fraction of sp³-hybridized carbons (Fsp3) is 0.455. The van der Waals surface area contributed by atoms with Crippen molar-refractivity contribution in [1.82, 2.24) is 4.98 Å². The van der Waals surface area contributed by atoms with Crippen LogP contribution >= 0.6 is 0 Å². The van der Waals surface area contributed by atoms with Crippen molar-refractivity contribution in [3.05, 3.63) is 27.9 Å². The number of anilines is 1. The highest BCUT2D eigenvalue weighted by Gasteiger charge is 2.21. The number of carbonyl (C=O) groups excluding carboxylic acids is 1. The summed E-state index contributed by atoms with van der Waals surface area (Å²) < 4.78 is 4.50. The van der Waals surface area contributed by atoms with E-state index in [1.54, 1.807) is 11.9 Å². The van der Waals surface area contributed by atoms with Crippen LogP contribution in [-0.2, 0) is 4.74 Å². The van der Waals surface area contributed by atoms with Gasteiger partial charge in [0, 0.05) is 25.9 Å². The number of rotatable bonds is 5. The lowest BCUT2D eigenvalue weighted by Gasteiger charge is -2.16. The maximum atomic E-state index is 11.3. The minimum atomic E-state index is -0.643. The second-order valence-corrected chi connectivity index (χ2v) is 3.74. The van der Waals surface area contributed by atoms with Crippen LogP contribution in [0.25, 0.3) is 0 Å². The summed E-state index contributed by atoms with van der Waals surface area (Å²) in [6, 6.07) is 1.18. The lowest BCUT2D eigenvalue weighted by molar-refractivity contribution is -0.384. The summed E-state index contributed by atoms with van der Waals surface area (Å²) in [5, 5.41) is 11.0. The smallest absolute Gasteiger partial charge is 0.339 e. The lowest BCUT2D eigenvalue weighted by atomic mass is 10.2. The quantitative estimate of drug-likeness (QED) is 0.450. The molecule has 0 aromatic carbocycles. The summed E-state index contributed by atoms with van der Waals surface area (Å²) in [7, 11) is 2.93. The lowest BCUT2D eigenvalue weighted by Crippen LogP contribution is -2.20. The normalized spacial score (nSPS) is 9.94. The third kappa shape index (κ3) is 2.93. The SMILES string of the molecule is CCCN(C)c1ncc(C(=O)OC)cc1[N+](=O)[O-]. The fourth-order valence-corrected chi connectivity index (χ4v) is 1.55. The van der Waals surface area contributed by atoms with Crippen molar-refractivity contribution in [3.8, 4) is 0 Å². The molecule has 0 radical (unpaired) electrons. The van der Waals surface area contributed by atoms with Crippen LogP contribution < -0.4 is 4.90 Å². The zero-order chi connectivity index (χ0) is 13.7. The van der Waals surface area contributed by atoms with Crippen molar-refractivity contribution in [1.29, 1.82) is 0 Å². The molecule has 0 fully saturated rings. The monoisotopic (exact) mass is 253 g/mol. The zero-order valence-corrected chi connectivity index (χ0v) is 10.5. The summed E-state index contributed by atoms with van der Waals surface area (Å²) in [5.41, 5.74) is -0.133. The molecule has 7 heteroatoms. The molecule has 0 aliphatic heterocycles. The van der Waals surface area contributed by atoms with Crippen LogP contribution in [0.15, 0.2) is 12.3 Å². The first-order chi connectivity index (χ1) is 8.51. The van der Waals surface area contributed by atoms with Gasteiger partial charge in [-0.25, -0.2) is 9.78 Å². The Labute approximate surface area is 105 Å². The molecule has 18 heavy (non-hydrogen) atoms. The molecule has 0 saturated heterocycles. The Morgan fingerprint density at radius 1 is 1.61 bits per heavy atom. The number of hydrogen-bond acceptors (Lipinski definition) is 6. The maximum absolute atomic E-state index is 11.3. The molecule has 1 rings (SSSR count). The number of carbonyl (C=O) groups is 1. The van der Waals surface area contributed by atoms with E-state index in [4.69, 9.17) is 0 Å². The van der Waals surface area contributed by atoms with Gasteiger partial charge in [-0.3, -0.25) is 10.1 Å². The number of nitrogens with zero attached hydrogens (tertiary/aromatic N) is 3. The van der Waals surface area contributed by atoms with Crippen LogP contribution in [0.3, 0.4) is 0 Å². The predicted octanol–water partition coefficient (Wildman–Crippen LogP) is 1.62. The topological polar surface area (TPSA) is 85.6 Å². The van der Waals surface area contributed by atoms with Crippen molar-refractivity contribution in [2.45, 2.75) is 13.3 Å². The second-order valence-electron chi connectivity index (χ2n) is 3.74. The van der Waals surface area contributed by atoms with E-state index < -0.39 is 10.9 Å². The van der Waals surface area contributed by atoms with E-state index >= 15 is 0 Å². The van der Waals surface area contributed by atoms with Gasteiger partial charge in [0.1, 0.15) is 0 Å². The highest BCUT2D eigenvalue weighted by Crippen LogP contribution is 2.25. The summed E-state index contributed by atoms with van der Waals surface area (Å²) in [6.07, 6.45) is 2.12. The second kappa shape index (κ2) is 5.95. The molecule has 0 spiro atoms. The molecule has 7 nitrogen and oxygen atoms in total. The third-order valence-corrected chi connectivity index (χ3v) is 2.39. The molecule has 1 aromatic rings. The van der Waals surface area contributed by atoms with Gasteiger partial charge in [-0.05, 0) is 6.42 Å². The van der Waals surface area contributed by atoms with E-state index in [-0.39, 0.29) is 17.1 Å². The van der Waals surface area contributed by atoms with Crippen LogP contribution in [0.4, 0.5) is 11.5 Å². The van der Waals surface area contributed by atoms with Gasteiger partial charge in [0.25, 0.3) is 0 Å². The van der Waals surface area contributed by atoms with Gasteiger partial charge in [0.05, 0.1) is 17.6 Å². The van der Waals surface area contributed by atoms with Gasteiger partial charge in [0.15, 0.2) is 0 Å². The summed E-state index contributed by atoms with van der Waals surface area (Å²) in [5.74, 6) is -0.398. The van der Waals surface area contributed by atoms with E-state index in [0.29, 0.717) is 6.54 Å².